The van der Waals surface area contributed by atoms with Crippen LogP contribution in [0.1, 0.15) is 118 Å². The largest absolute Gasteiger partial charge is 0.466 e. The Bertz CT molecular complexity index is 391. The zero-order valence-corrected chi connectivity index (χ0v) is 23.2. The molecule has 0 aromatic rings. The van der Waals surface area contributed by atoms with E-state index in [0.717, 1.165) is 25.7 Å². The molecule has 0 aliphatic carbocycles. The van der Waals surface area contributed by atoms with Crippen molar-refractivity contribution < 1.29 is 114 Å². The van der Waals surface area contributed by atoms with Gasteiger partial charge in [-0.2, -0.15) is 0 Å². The molecule has 0 bridgehead atoms. The third-order valence-corrected chi connectivity index (χ3v) is 3.17. The van der Waals surface area contributed by atoms with Gasteiger partial charge in [0.05, 0.1) is 19.8 Å². The van der Waals surface area contributed by atoms with Crippen LogP contribution in [0.5, 0.6) is 0 Å². The number of carbonyl (C=O) groups excluding carboxylic acids is 3. The molecule has 12 heteroatoms. The van der Waals surface area contributed by atoms with Gasteiger partial charge in [0.25, 0.3) is 0 Å². The van der Waals surface area contributed by atoms with Crippen LogP contribution in [0.15, 0.2) is 0 Å². The van der Waals surface area contributed by atoms with Crippen LogP contribution < -0.4 is 0 Å². The summed E-state index contributed by atoms with van der Waals surface area (Å²) in [4.78, 5) is 32.0. The van der Waals surface area contributed by atoms with Crippen molar-refractivity contribution in [3.05, 3.63) is 0 Å². The third kappa shape index (κ3) is 78.9. The fraction of sp³-hybridized carbons (Fsp3) is 0.889. The second-order valence-electron chi connectivity index (χ2n) is 5.61. The Morgan fingerprint density at radius 3 is 1.51 bits per heavy atom. The van der Waals surface area contributed by atoms with E-state index < -0.39 is 12.6 Å². The molecule has 39 heavy (non-hydrogen) atoms. The number of ether oxygens (including phenoxy) is 3. The number of carbonyl (C=O) groups is 3. The Morgan fingerprint density at radius 1 is 0.641 bits per heavy atom. The molecule has 1 aliphatic heterocycles. The summed E-state index contributed by atoms with van der Waals surface area (Å²) >= 11 is 0. The summed E-state index contributed by atoms with van der Waals surface area (Å²) in [7, 11) is 0. The van der Waals surface area contributed by atoms with Crippen molar-refractivity contribution in [1.29, 1.82) is 0 Å². The molecule has 0 atom stereocenters. The summed E-state index contributed by atoms with van der Waals surface area (Å²) in [6.07, 6.45) is 6.27. The summed E-state index contributed by atoms with van der Waals surface area (Å²) in [5.74, 6) is -1.11. The van der Waals surface area contributed by atoms with Crippen molar-refractivity contribution in [3.8, 4) is 0 Å². The minimum absolute atomic E-state index is 0. The second kappa shape index (κ2) is 71.6. The Labute approximate surface area is 294 Å². The molecule has 0 unspecified atom stereocenters. The number of hydrogen-bond acceptors (Lipinski definition) is 10. The average molecular weight is 733 g/mol. The number of unbranched alkanes of at least 4 members (excludes halogenated alkanes) is 2. The molecule has 10 nitrogen and oxygen atoms in total. The minimum atomic E-state index is -0.737. The van der Waals surface area contributed by atoms with E-state index in [2.05, 4.69) is 4.74 Å². The van der Waals surface area contributed by atoms with E-state index in [0.29, 0.717) is 32.3 Å². The Balaban J connectivity index is -0.0000000235. The molecule has 1 rings (SSSR count). The number of aliphatic hydroxyl groups excluding tert-OH is 4. The van der Waals surface area contributed by atoms with E-state index in [1.807, 2.05) is 0 Å². The van der Waals surface area contributed by atoms with Gasteiger partial charge in [0.15, 0.2) is 0 Å². The van der Waals surface area contributed by atoms with Crippen molar-refractivity contribution in [2.24, 2.45) is 0 Å². The maximum absolute atomic E-state index is 11.0. The number of hydrogen-bond donors (Lipinski definition) is 4. The monoisotopic (exact) mass is 732 g/mol. The standard InChI is InChI=1S/C10H18O6.C6H10O2.C2H6O2.9CH4.2Y/c11-5-3-1-2-4-9(13)15-6-7-16-10(14)8-12;7-6-4-2-1-3-5-8-6;3-1-2-4;;;;;;;;;;;/h11-12H,1-8H2;1-5H2;3-4H,1-2H2;9*1H4;;. The first kappa shape index (κ1) is 83.4. The molecule has 1 aliphatic rings. The van der Waals surface area contributed by atoms with E-state index >= 15 is 0 Å². The molecule has 4 N–H and O–H groups in total. The van der Waals surface area contributed by atoms with Crippen molar-refractivity contribution in [2.45, 2.75) is 118 Å². The molecule has 1 saturated heterocycles. The van der Waals surface area contributed by atoms with Crippen molar-refractivity contribution in [3.63, 3.8) is 0 Å². The third-order valence-electron chi connectivity index (χ3n) is 3.17. The number of esters is 3. The topological polar surface area (TPSA) is 160 Å². The molecule has 244 valence electrons. The first-order valence-corrected chi connectivity index (χ1v) is 9.42. The molecule has 1 fully saturated rings. The average Bonchev–Trinajstić information content (AvgIpc) is 2.96. The molecule has 0 amide bonds. The number of rotatable bonds is 10. The van der Waals surface area contributed by atoms with E-state index in [9.17, 15) is 14.4 Å². The summed E-state index contributed by atoms with van der Waals surface area (Å²) in [6, 6.07) is 0. The zero-order chi connectivity index (χ0) is 21.5. The van der Waals surface area contributed by atoms with Gasteiger partial charge in [-0.15, -0.1) is 0 Å². The van der Waals surface area contributed by atoms with E-state index in [1.54, 1.807) is 0 Å². The van der Waals surface area contributed by atoms with Gasteiger partial charge in [-0.3, -0.25) is 9.59 Å². The summed E-state index contributed by atoms with van der Waals surface area (Å²) in [5.41, 5.74) is 0. The van der Waals surface area contributed by atoms with Crippen LogP contribution in [0.25, 0.3) is 0 Å². The zero-order valence-electron chi connectivity index (χ0n) is 17.5. The van der Waals surface area contributed by atoms with Crippen LogP contribution in [-0.4, -0.2) is 84.6 Å². The van der Waals surface area contributed by atoms with Gasteiger partial charge < -0.3 is 34.6 Å². The molecule has 0 spiro atoms. The summed E-state index contributed by atoms with van der Waals surface area (Å²) in [6.45, 7) is -0.188. The van der Waals surface area contributed by atoms with E-state index in [-0.39, 0.29) is 177 Å². The Kier molecular flexibility index (Phi) is 153. The minimum Gasteiger partial charge on any atom is -0.466 e. The summed E-state index contributed by atoms with van der Waals surface area (Å²) < 4.78 is 14.0. The Morgan fingerprint density at radius 2 is 1.10 bits per heavy atom. The van der Waals surface area contributed by atoms with Gasteiger partial charge in [-0.25, -0.2) is 4.79 Å². The predicted molar refractivity (Wildman–Crippen MR) is 159 cm³/mol. The molecule has 1 heterocycles. The molecule has 0 aromatic heterocycles. The first-order chi connectivity index (χ1) is 13.5. The number of cyclic esters (lactones) is 1. The molecule has 2 radical (unpaired) electrons. The maximum Gasteiger partial charge on any atom is 0.331 e. The first-order valence-electron chi connectivity index (χ1n) is 9.42. The SMILES string of the molecule is C.C.C.C.C.C.C.C.C.O=C(CO)OCCOC(=O)CCCCCO.O=C1CCCCCO1.OCCO.[Y].[Y]. The van der Waals surface area contributed by atoms with Crippen molar-refractivity contribution in [1.82, 2.24) is 0 Å². The summed E-state index contributed by atoms with van der Waals surface area (Å²) in [5, 5.41) is 32.1. The van der Waals surface area contributed by atoms with Crippen molar-refractivity contribution in [2.75, 3.05) is 46.2 Å². The smallest absolute Gasteiger partial charge is 0.331 e. The quantitative estimate of drug-likeness (QED) is 0.130. The Hall–Kier alpha value is 0.458. The molecule has 0 aromatic carbocycles. The maximum atomic E-state index is 11.0. The van der Waals surface area contributed by atoms with E-state index in [1.165, 1.54) is 0 Å². The van der Waals surface area contributed by atoms with E-state index in [4.69, 9.17) is 29.9 Å². The van der Waals surface area contributed by atoms with Crippen LogP contribution >= 0.6 is 0 Å². The molecular formula is C27H70O10Y2. The van der Waals surface area contributed by atoms with Crippen LogP contribution in [0, 0.1) is 0 Å². The fourth-order valence-corrected chi connectivity index (χ4v) is 1.79. The van der Waals surface area contributed by atoms with Gasteiger partial charge in [-0.05, 0) is 32.1 Å². The second-order valence-corrected chi connectivity index (χ2v) is 5.61. The van der Waals surface area contributed by atoms with Crippen LogP contribution in [0.2, 0.25) is 0 Å². The fourth-order valence-electron chi connectivity index (χ4n) is 1.79. The van der Waals surface area contributed by atoms with Crippen LogP contribution in [-0.2, 0) is 94.0 Å². The van der Waals surface area contributed by atoms with Gasteiger partial charge in [0.1, 0.15) is 19.8 Å². The van der Waals surface area contributed by atoms with Crippen molar-refractivity contribution >= 4 is 17.9 Å². The van der Waals surface area contributed by atoms with Gasteiger partial charge in [0.2, 0.25) is 0 Å². The van der Waals surface area contributed by atoms with Gasteiger partial charge in [0, 0.05) is 84.9 Å². The molecular weight excluding hydrogens is 662 g/mol. The van der Waals surface area contributed by atoms with Crippen LogP contribution in [0.3, 0.4) is 0 Å². The van der Waals surface area contributed by atoms with Gasteiger partial charge in [-0.1, -0.05) is 73.3 Å². The molecule has 0 saturated carbocycles. The van der Waals surface area contributed by atoms with Crippen LogP contribution in [0.4, 0.5) is 0 Å². The normalized spacial score (nSPS) is 9.28. The predicted octanol–water partition coefficient (Wildman–Crippen LogP) is 5.41. The van der Waals surface area contributed by atoms with Gasteiger partial charge >= 0.3 is 17.9 Å². The number of aliphatic hydroxyl groups is 4.